The van der Waals surface area contributed by atoms with Crippen molar-refractivity contribution in [1.29, 1.82) is 0 Å². The van der Waals surface area contributed by atoms with E-state index in [9.17, 15) is 4.39 Å². The Labute approximate surface area is 133 Å². The summed E-state index contributed by atoms with van der Waals surface area (Å²) in [6.07, 6.45) is 2.29. The molecule has 0 aliphatic rings. The molecule has 0 radical (unpaired) electrons. The standard InChI is InChI=1S/C17H19FIN/c1-3-4-13-5-7-14(8-6-13)12(2)20-17-10-9-15(18)11-16(17)19/h5-12,20H,3-4H2,1-2H3. The molecule has 0 aromatic heterocycles. The Kier molecular flexibility index (Phi) is 5.40. The third kappa shape index (κ3) is 3.95. The van der Waals surface area contributed by atoms with E-state index in [1.807, 2.05) is 0 Å². The molecule has 2 aromatic rings. The van der Waals surface area contributed by atoms with Crippen LogP contribution in [0.5, 0.6) is 0 Å². The summed E-state index contributed by atoms with van der Waals surface area (Å²) in [7, 11) is 0. The van der Waals surface area contributed by atoms with Gasteiger partial charge >= 0.3 is 0 Å². The average Bonchev–Trinajstić information content (AvgIpc) is 2.43. The van der Waals surface area contributed by atoms with Crippen LogP contribution in [0.1, 0.15) is 37.4 Å². The van der Waals surface area contributed by atoms with Gasteiger partial charge in [0.05, 0.1) is 0 Å². The number of anilines is 1. The van der Waals surface area contributed by atoms with Gasteiger partial charge in [-0.15, -0.1) is 0 Å². The van der Waals surface area contributed by atoms with Crippen molar-refractivity contribution < 1.29 is 4.39 Å². The van der Waals surface area contributed by atoms with Crippen molar-refractivity contribution in [2.24, 2.45) is 0 Å². The van der Waals surface area contributed by atoms with Crippen LogP contribution in [0, 0.1) is 9.39 Å². The molecule has 0 fully saturated rings. The quantitative estimate of drug-likeness (QED) is 0.667. The molecule has 1 unspecified atom stereocenters. The van der Waals surface area contributed by atoms with Gasteiger partial charge in [0.15, 0.2) is 0 Å². The smallest absolute Gasteiger partial charge is 0.124 e. The first-order valence-electron chi connectivity index (χ1n) is 6.90. The molecule has 0 amide bonds. The second kappa shape index (κ2) is 7.07. The fraction of sp³-hybridized carbons (Fsp3) is 0.294. The molecule has 20 heavy (non-hydrogen) atoms. The minimum atomic E-state index is -0.198. The van der Waals surface area contributed by atoms with Crippen molar-refractivity contribution >= 4 is 28.3 Å². The Morgan fingerprint density at radius 2 is 1.85 bits per heavy atom. The highest BCUT2D eigenvalue weighted by atomic mass is 127. The zero-order chi connectivity index (χ0) is 14.5. The van der Waals surface area contributed by atoms with E-state index in [4.69, 9.17) is 0 Å². The molecule has 3 heteroatoms. The maximum Gasteiger partial charge on any atom is 0.124 e. The summed E-state index contributed by atoms with van der Waals surface area (Å²) in [6, 6.07) is 13.7. The number of benzene rings is 2. The molecule has 0 bridgehead atoms. The first-order valence-corrected chi connectivity index (χ1v) is 7.98. The first-order chi connectivity index (χ1) is 9.60. The summed E-state index contributed by atoms with van der Waals surface area (Å²) < 4.78 is 14.0. The third-order valence-corrected chi connectivity index (χ3v) is 4.21. The van der Waals surface area contributed by atoms with Crippen molar-refractivity contribution in [3.05, 3.63) is 63.0 Å². The van der Waals surface area contributed by atoms with Crippen LogP contribution < -0.4 is 5.32 Å². The van der Waals surface area contributed by atoms with Crippen molar-refractivity contribution in [3.8, 4) is 0 Å². The summed E-state index contributed by atoms with van der Waals surface area (Å²) >= 11 is 2.15. The summed E-state index contributed by atoms with van der Waals surface area (Å²) in [5.41, 5.74) is 3.59. The van der Waals surface area contributed by atoms with Gasteiger partial charge in [0, 0.05) is 15.3 Å². The highest BCUT2D eigenvalue weighted by molar-refractivity contribution is 14.1. The van der Waals surface area contributed by atoms with Crippen LogP contribution >= 0.6 is 22.6 Å². The zero-order valence-electron chi connectivity index (χ0n) is 11.8. The molecule has 0 saturated heterocycles. The number of hydrogen-bond acceptors (Lipinski definition) is 1. The average molecular weight is 383 g/mol. The van der Waals surface area contributed by atoms with Gasteiger partial charge in [-0.05, 0) is 65.3 Å². The van der Waals surface area contributed by atoms with Gasteiger partial charge in [-0.2, -0.15) is 0 Å². The van der Waals surface area contributed by atoms with Crippen LogP contribution in [-0.2, 0) is 6.42 Å². The maximum absolute atomic E-state index is 13.1. The fourth-order valence-electron chi connectivity index (χ4n) is 2.18. The molecule has 1 nitrogen and oxygen atoms in total. The minimum Gasteiger partial charge on any atom is -0.378 e. The molecule has 0 heterocycles. The molecule has 1 atom stereocenters. The van der Waals surface area contributed by atoms with E-state index in [1.165, 1.54) is 23.6 Å². The first kappa shape index (κ1) is 15.3. The van der Waals surface area contributed by atoms with E-state index >= 15 is 0 Å². The van der Waals surface area contributed by atoms with E-state index in [2.05, 4.69) is 66.0 Å². The molecular weight excluding hydrogens is 364 g/mol. The Morgan fingerprint density at radius 1 is 1.15 bits per heavy atom. The number of nitrogens with one attached hydrogen (secondary N) is 1. The number of aryl methyl sites for hydroxylation is 1. The normalized spacial score (nSPS) is 12.2. The largest absolute Gasteiger partial charge is 0.378 e. The van der Waals surface area contributed by atoms with Gasteiger partial charge in [-0.1, -0.05) is 37.6 Å². The van der Waals surface area contributed by atoms with Gasteiger partial charge in [0.2, 0.25) is 0 Å². The topological polar surface area (TPSA) is 12.0 Å². The molecular formula is C17H19FIN. The van der Waals surface area contributed by atoms with Crippen molar-refractivity contribution in [3.63, 3.8) is 0 Å². The zero-order valence-corrected chi connectivity index (χ0v) is 13.9. The Morgan fingerprint density at radius 3 is 2.45 bits per heavy atom. The number of halogens is 2. The van der Waals surface area contributed by atoms with Gasteiger partial charge in [-0.3, -0.25) is 0 Å². The summed E-state index contributed by atoms with van der Waals surface area (Å²) in [5, 5.41) is 3.43. The molecule has 0 saturated carbocycles. The van der Waals surface area contributed by atoms with Crippen molar-refractivity contribution in [2.75, 3.05) is 5.32 Å². The van der Waals surface area contributed by atoms with Crippen molar-refractivity contribution in [1.82, 2.24) is 0 Å². The minimum absolute atomic E-state index is 0.198. The lowest BCUT2D eigenvalue weighted by atomic mass is 10.0. The van der Waals surface area contributed by atoms with Gasteiger partial charge < -0.3 is 5.32 Å². The summed E-state index contributed by atoms with van der Waals surface area (Å²) in [4.78, 5) is 0. The summed E-state index contributed by atoms with van der Waals surface area (Å²) in [5.74, 6) is -0.198. The van der Waals surface area contributed by atoms with Crippen molar-refractivity contribution in [2.45, 2.75) is 32.7 Å². The summed E-state index contributed by atoms with van der Waals surface area (Å²) in [6.45, 7) is 4.31. The molecule has 0 spiro atoms. The maximum atomic E-state index is 13.1. The molecule has 0 aliphatic heterocycles. The van der Waals surface area contributed by atoms with E-state index in [0.29, 0.717) is 0 Å². The monoisotopic (exact) mass is 383 g/mol. The highest BCUT2D eigenvalue weighted by Gasteiger charge is 2.08. The number of hydrogen-bond donors (Lipinski definition) is 1. The van der Waals surface area contributed by atoms with E-state index in [0.717, 1.165) is 15.7 Å². The Balaban J connectivity index is 2.09. The molecule has 2 rings (SSSR count). The number of rotatable bonds is 5. The van der Waals surface area contributed by atoms with Crippen LogP contribution in [0.3, 0.4) is 0 Å². The lowest BCUT2D eigenvalue weighted by molar-refractivity contribution is 0.627. The lowest BCUT2D eigenvalue weighted by Crippen LogP contribution is -2.08. The van der Waals surface area contributed by atoms with Crippen LogP contribution in [0.2, 0.25) is 0 Å². The predicted molar refractivity (Wildman–Crippen MR) is 91.6 cm³/mol. The molecule has 2 aromatic carbocycles. The van der Waals surface area contributed by atoms with E-state index in [-0.39, 0.29) is 11.9 Å². The van der Waals surface area contributed by atoms with Gasteiger partial charge in [-0.25, -0.2) is 4.39 Å². The fourth-order valence-corrected chi connectivity index (χ4v) is 2.82. The molecule has 106 valence electrons. The van der Waals surface area contributed by atoms with Crippen LogP contribution in [0.15, 0.2) is 42.5 Å². The van der Waals surface area contributed by atoms with Crippen LogP contribution in [-0.4, -0.2) is 0 Å². The Hall–Kier alpha value is -1.10. The van der Waals surface area contributed by atoms with Crippen LogP contribution in [0.4, 0.5) is 10.1 Å². The second-order valence-corrected chi connectivity index (χ2v) is 6.14. The molecule has 0 aliphatic carbocycles. The van der Waals surface area contributed by atoms with Crippen LogP contribution in [0.25, 0.3) is 0 Å². The van der Waals surface area contributed by atoms with E-state index < -0.39 is 0 Å². The molecule has 1 N–H and O–H groups in total. The predicted octanol–water partition coefficient (Wildman–Crippen LogP) is 5.56. The van der Waals surface area contributed by atoms with Gasteiger partial charge in [0.25, 0.3) is 0 Å². The highest BCUT2D eigenvalue weighted by Crippen LogP contribution is 2.24. The Bertz CT molecular complexity index is 566. The lowest BCUT2D eigenvalue weighted by Gasteiger charge is -2.17. The third-order valence-electron chi connectivity index (χ3n) is 3.32. The second-order valence-electron chi connectivity index (χ2n) is 4.98. The van der Waals surface area contributed by atoms with E-state index in [1.54, 1.807) is 12.1 Å². The van der Waals surface area contributed by atoms with Gasteiger partial charge in [0.1, 0.15) is 5.82 Å². The SMILES string of the molecule is CCCc1ccc(C(C)Nc2ccc(F)cc2I)cc1.